The second-order valence-electron chi connectivity index (χ2n) is 2.17. The van der Waals surface area contributed by atoms with Crippen LogP contribution < -0.4 is 15.3 Å². The van der Waals surface area contributed by atoms with Gasteiger partial charge in [0.25, 0.3) is 0 Å². The van der Waals surface area contributed by atoms with E-state index in [1.807, 2.05) is 0 Å². The summed E-state index contributed by atoms with van der Waals surface area (Å²) in [4.78, 5) is 29.8. The van der Waals surface area contributed by atoms with Crippen molar-refractivity contribution < 1.29 is 29.7 Å². The van der Waals surface area contributed by atoms with Crippen molar-refractivity contribution in [1.82, 2.24) is 0 Å². The highest BCUT2D eigenvalue weighted by atomic mass is 16.4. The van der Waals surface area contributed by atoms with Crippen molar-refractivity contribution >= 4 is 17.9 Å². The average Bonchev–Trinajstić information content (AvgIpc) is 1.83. The molecule has 12 heavy (non-hydrogen) atoms. The highest BCUT2D eigenvalue weighted by molar-refractivity contribution is 5.80. The Bertz CT molecular complexity index is 192. The van der Waals surface area contributed by atoms with Crippen molar-refractivity contribution in [2.45, 2.75) is 12.8 Å². The zero-order valence-corrected chi connectivity index (χ0v) is 5.94. The fourth-order valence-corrected chi connectivity index (χ4v) is 0.641. The maximum absolute atomic E-state index is 10.1. The van der Waals surface area contributed by atoms with Crippen molar-refractivity contribution in [3.05, 3.63) is 0 Å². The van der Waals surface area contributed by atoms with Crippen LogP contribution in [0.25, 0.3) is 0 Å². The molecule has 0 rings (SSSR count). The first-order valence-electron chi connectivity index (χ1n) is 3.04. The lowest BCUT2D eigenvalue weighted by atomic mass is 10.0. The summed E-state index contributed by atoms with van der Waals surface area (Å²) in [6.45, 7) is 0. The third kappa shape index (κ3) is 4.26. The molecule has 0 heterocycles. The van der Waals surface area contributed by atoms with Gasteiger partial charge in [-0.2, -0.15) is 0 Å². The smallest absolute Gasteiger partial charge is 0.0452 e. The highest BCUT2D eigenvalue weighted by Crippen LogP contribution is 2.05. The maximum Gasteiger partial charge on any atom is 0.0452 e. The van der Waals surface area contributed by atoms with Crippen LogP contribution in [0.15, 0.2) is 0 Å². The van der Waals surface area contributed by atoms with Crippen LogP contribution in [0.2, 0.25) is 0 Å². The Balaban J connectivity index is 4.14. The second-order valence-corrected chi connectivity index (χ2v) is 2.17. The summed E-state index contributed by atoms with van der Waals surface area (Å²) in [6.07, 6.45) is -1.76. The van der Waals surface area contributed by atoms with Crippen LogP contribution in [-0.2, 0) is 14.4 Å². The highest BCUT2D eigenvalue weighted by Gasteiger charge is 2.10. The largest absolute Gasteiger partial charge is 0.550 e. The van der Waals surface area contributed by atoms with Gasteiger partial charge in [-0.05, 0) is 12.8 Å². The van der Waals surface area contributed by atoms with Crippen LogP contribution in [0.3, 0.4) is 0 Å². The van der Waals surface area contributed by atoms with Crippen LogP contribution in [0.5, 0.6) is 0 Å². The molecule has 0 fully saturated rings. The van der Waals surface area contributed by atoms with E-state index in [-0.39, 0.29) is 0 Å². The number of rotatable bonds is 5. The third-order valence-electron chi connectivity index (χ3n) is 1.16. The van der Waals surface area contributed by atoms with Crippen molar-refractivity contribution in [3.63, 3.8) is 0 Å². The van der Waals surface area contributed by atoms with Gasteiger partial charge in [-0.25, -0.2) is 0 Å². The maximum atomic E-state index is 10.1. The van der Waals surface area contributed by atoms with Crippen LogP contribution in [0.1, 0.15) is 12.8 Å². The van der Waals surface area contributed by atoms with E-state index < -0.39 is 36.7 Å². The van der Waals surface area contributed by atoms with Gasteiger partial charge in [0.2, 0.25) is 0 Å². The molecule has 0 spiro atoms. The monoisotopic (exact) mass is 173 g/mol. The Hall–Kier alpha value is -1.59. The van der Waals surface area contributed by atoms with Gasteiger partial charge in [0, 0.05) is 23.8 Å². The zero-order valence-electron chi connectivity index (χ0n) is 5.94. The number of carbonyl (C=O) groups is 3. The van der Waals surface area contributed by atoms with Gasteiger partial charge in [0.15, 0.2) is 0 Å². The van der Waals surface area contributed by atoms with Gasteiger partial charge < -0.3 is 29.7 Å². The Morgan fingerprint density at radius 1 is 0.917 bits per heavy atom. The SMILES string of the molecule is O=C([O-])CC(CC(=O)[O-])C(=O)[O-]. The Morgan fingerprint density at radius 3 is 1.42 bits per heavy atom. The van der Waals surface area contributed by atoms with E-state index in [1.165, 1.54) is 0 Å². The first-order valence-corrected chi connectivity index (χ1v) is 3.04. The molecule has 0 atom stereocenters. The Kier molecular flexibility index (Phi) is 3.75. The van der Waals surface area contributed by atoms with Crippen molar-refractivity contribution in [2.75, 3.05) is 0 Å². The third-order valence-corrected chi connectivity index (χ3v) is 1.16. The molecular weight excluding hydrogens is 168 g/mol. The molecule has 0 aliphatic heterocycles. The summed E-state index contributed by atoms with van der Waals surface area (Å²) in [6, 6.07) is 0. The summed E-state index contributed by atoms with van der Waals surface area (Å²) >= 11 is 0. The molecule has 6 nitrogen and oxygen atoms in total. The van der Waals surface area contributed by atoms with E-state index in [0.29, 0.717) is 0 Å². The molecule has 0 saturated carbocycles. The fourth-order valence-electron chi connectivity index (χ4n) is 0.641. The predicted molar refractivity (Wildman–Crippen MR) is 27.7 cm³/mol. The standard InChI is InChI=1S/C6H8O6/c7-4(8)1-3(6(11)12)2-5(9)10/h3H,1-2H2,(H,7,8)(H,9,10)(H,11,12)/p-3. The van der Waals surface area contributed by atoms with Crippen LogP contribution in [0.4, 0.5) is 0 Å². The predicted octanol–water partition coefficient (Wildman–Crippen LogP) is -4.37. The van der Waals surface area contributed by atoms with Crippen LogP contribution in [-0.4, -0.2) is 17.9 Å². The van der Waals surface area contributed by atoms with Gasteiger partial charge in [-0.3, -0.25) is 0 Å². The zero-order chi connectivity index (χ0) is 9.72. The number of hydrogen-bond donors (Lipinski definition) is 0. The summed E-state index contributed by atoms with van der Waals surface area (Å²) in [5, 5.41) is 29.8. The number of hydrogen-bond acceptors (Lipinski definition) is 6. The normalized spacial score (nSPS) is 9.75. The molecule has 0 amide bonds. The van der Waals surface area contributed by atoms with Crippen molar-refractivity contribution in [3.8, 4) is 0 Å². The summed E-state index contributed by atoms with van der Waals surface area (Å²) < 4.78 is 0. The lowest BCUT2D eigenvalue weighted by Gasteiger charge is -2.18. The molecule has 0 unspecified atom stereocenters. The number of aliphatic carboxylic acids is 3. The average molecular weight is 173 g/mol. The van der Waals surface area contributed by atoms with Crippen molar-refractivity contribution in [1.29, 1.82) is 0 Å². The van der Waals surface area contributed by atoms with E-state index in [4.69, 9.17) is 0 Å². The van der Waals surface area contributed by atoms with E-state index in [0.717, 1.165) is 0 Å². The summed E-state index contributed by atoms with van der Waals surface area (Å²) in [5.74, 6) is -6.58. The second kappa shape index (κ2) is 4.32. The lowest BCUT2D eigenvalue weighted by molar-refractivity contribution is -0.326. The quantitative estimate of drug-likeness (QED) is 0.414. The van der Waals surface area contributed by atoms with E-state index in [1.54, 1.807) is 0 Å². The first-order chi connectivity index (χ1) is 5.43. The summed E-state index contributed by atoms with van der Waals surface area (Å²) in [5.41, 5.74) is 0. The number of carbonyl (C=O) groups excluding carboxylic acids is 3. The van der Waals surface area contributed by atoms with Gasteiger partial charge in [-0.15, -0.1) is 0 Å². The Morgan fingerprint density at radius 2 is 1.25 bits per heavy atom. The van der Waals surface area contributed by atoms with Gasteiger partial charge in [-0.1, -0.05) is 0 Å². The molecule has 6 heteroatoms. The topological polar surface area (TPSA) is 120 Å². The molecule has 0 aliphatic rings. The molecule has 0 bridgehead atoms. The van der Waals surface area contributed by atoms with Crippen LogP contribution in [0, 0.1) is 5.92 Å². The van der Waals surface area contributed by atoms with Crippen molar-refractivity contribution in [2.24, 2.45) is 5.92 Å². The molecular formula is C6H5O6-3. The molecule has 0 aromatic carbocycles. The summed E-state index contributed by atoms with van der Waals surface area (Å²) in [7, 11) is 0. The molecule has 0 saturated heterocycles. The molecule has 0 aliphatic carbocycles. The minimum atomic E-state index is -1.73. The van der Waals surface area contributed by atoms with E-state index in [9.17, 15) is 29.7 Å². The van der Waals surface area contributed by atoms with E-state index in [2.05, 4.69) is 0 Å². The van der Waals surface area contributed by atoms with Gasteiger partial charge in [0.05, 0.1) is 0 Å². The molecule has 0 aromatic heterocycles. The first kappa shape index (κ1) is 10.4. The molecule has 0 N–H and O–H groups in total. The molecule has 68 valence electrons. The number of carboxylic acid groups (broad SMARTS) is 3. The Labute approximate surface area is 67.4 Å². The van der Waals surface area contributed by atoms with E-state index >= 15 is 0 Å². The van der Waals surface area contributed by atoms with Gasteiger partial charge >= 0.3 is 0 Å². The molecule has 0 aromatic rings. The minimum absolute atomic E-state index is 0.879. The minimum Gasteiger partial charge on any atom is -0.550 e. The fraction of sp³-hybridized carbons (Fsp3) is 0.500. The van der Waals surface area contributed by atoms with Gasteiger partial charge in [0.1, 0.15) is 0 Å². The molecule has 0 radical (unpaired) electrons. The van der Waals surface area contributed by atoms with Crippen LogP contribution >= 0.6 is 0 Å². The number of carboxylic acids is 3. The lowest BCUT2D eigenvalue weighted by Crippen LogP contribution is -2.39.